The Labute approximate surface area is 136 Å². The lowest BCUT2D eigenvalue weighted by molar-refractivity contribution is -0.131. The lowest BCUT2D eigenvalue weighted by atomic mass is 10.1. The fourth-order valence-corrected chi connectivity index (χ4v) is 3.19. The van der Waals surface area contributed by atoms with E-state index in [0.717, 1.165) is 22.6 Å². The van der Waals surface area contributed by atoms with Crippen molar-refractivity contribution in [2.24, 2.45) is 5.92 Å². The minimum atomic E-state index is 0.0790. The zero-order valence-corrected chi connectivity index (χ0v) is 13.7. The Bertz CT molecular complexity index is 680. The van der Waals surface area contributed by atoms with Crippen molar-refractivity contribution < 1.29 is 4.79 Å². The van der Waals surface area contributed by atoms with Crippen LogP contribution >= 0.6 is 11.6 Å². The summed E-state index contributed by atoms with van der Waals surface area (Å²) in [5.74, 6) is 0.572. The quantitative estimate of drug-likeness (QED) is 0.818. The summed E-state index contributed by atoms with van der Waals surface area (Å²) in [7, 11) is 1.88. The van der Waals surface area contributed by atoms with Gasteiger partial charge in [0, 0.05) is 24.5 Å². The Balaban J connectivity index is 1.63. The van der Waals surface area contributed by atoms with Crippen LogP contribution in [-0.2, 0) is 11.3 Å². The topological polar surface area (TPSA) is 20.3 Å². The largest absolute Gasteiger partial charge is 0.341 e. The molecule has 0 aromatic heterocycles. The average Bonchev–Trinajstić information content (AvgIpc) is 3.29. The van der Waals surface area contributed by atoms with Crippen LogP contribution in [0.3, 0.4) is 0 Å². The molecule has 114 valence electrons. The van der Waals surface area contributed by atoms with Crippen molar-refractivity contribution in [3.05, 3.63) is 70.2 Å². The second kappa shape index (κ2) is 6.13. The molecule has 1 amide bonds. The summed E-state index contributed by atoms with van der Waals surface area (Å²) in [4.78, 5) is 14.4. The van der Waals surface area contributed by atoms with E-state index in [9.17, 15) is 4.79 Å². The van der Waals surface area contributed by atoms with Gasteiger partial charge in [-0.25, -0.2) is 0 Å². The first kappa shape index (κ1) is 15.1. The van der Waals surface area contributed by atoms with Crippen molar-refractivity contribution in [2.45, 2.75) is 25.8 Å². The van der Waals surface area contributed by atoms with Crippen LogP contribution in [0, 0.1) is 12.8 Å². The van der Waals surface area contributed by atoms with E-state index >= 15 is 0 Å². The highest BCUT2D eigenvalue weighted by molar-refractivity contribution is 6.31. The van der Waals surface area contributed by atoms with Gasteiger partial charge in [-0.15, -0.1) is 0 Å². The maximum Gasteiger partial charge on any atom is 0.226 e. The molecule has 0 saturated heterocycles. The molecule has 3 heteroatoms. The molecule has 0 N–H and O–H groups in total. The number of carbonyl (C=O) groups excluding carboxylic acids is 1. The third-order valence-electron chi connectivity index (χ3n) is 4.33. The molecule has 22 heavy (non-hydrogen) atoms. The number of halogens is 1. The Morgan fingerprint density at radius 1 is 1.18 bits per heavy atom. The van der Waals surface area contributed by atoms with E-state index in [4.69, 9.17) is 11.6 Å². The molecule has 1 aliphatic rings. The van der Waals surface area contributed by atoms with Crippen LogP contribution in [0.15, 0.2) is 48.5 Å². The van der Waals surface area contributed by atoms with Gasteiger partial charge in [0.2, 0.25) is 5.91 Å². The van der Waals surface area contributed by atoms with Gasteiger partial charge in [-0.05, 0) is 36.5 Å². The Hall–Kier alpha value is -1.80. The number of rotatable bonds is 4. The highest BCUT2D eigenvalue weighted by Gasteiger charge is 2.45. The van der Waals surface area contributed by atoms with Crippen molar-refractivity contribution in [1.29, 1.82) is 0 Å². The van der Waals surface area contributed by atoms with Gasteiger partial charge < -0.3 is 4.90 Å². The molecule has 2 nitrogen and oxygen atoms in total. The Morgan fingerprint density at radius 3 is 2.55 bits per heavy atom. The van der Waals surface area contributed by atoms with Crippen molar-refractivity contribution in [1.82, 2.24) is 4.90 Å². The fourth-order valence-electron chi connectivity index (χ4n) is 2.92. The lowest BCUT2D eigenvalue weighted by Gasteiger charge is -2.17. The smallest absolute Gasteiger partial charge is 0.226 e. The van der Waals surface area contributed by atoms with E-state index in [0.29, 0.717) is 6.54 Å². The molecular weight excluding hydrogens is 294 g/mol. The maximum absolute atomic E-state index is 12.6. The van der Waals surface area contributed by atoms with Gasteiger partial charge in [0.25, 0.3) is 0 Å². The first-order chi connectivity index (χ1) is 10.6. The minimum absolute atomic E-state index is 0.0790. The van der Waals surface area contributed by atoms with Crippen LogP contribution in [0.25, 0.3) is 0 Å². The monoisotopic (exact) mass is 313 g/mol. The number of amides is 1. The first-order valence-electron chi connectivity index (χ1n) is 7.61. The van der Waals surface area contributed by atoms with E-state index in [1.54, 1.807) is 0 Å². The number of hydrogen-bond donors (Lipinski definition) is 0. The number of hydrogen-bond acceptors (Lipinski definition) is 1. The third kappa shape index (κ3) is 3.17. The number of nitrogens with zero attached hydrogens (tertiary/aromatic N) is 1. The zero-order chi connectivity index (χ0) is 15.7. The highest BCUT2D eigenvalue weighted by atomic mass is 35.5. The van der Waals surface area contributed by atoms with E-state index in [1.807, 2.05) is 36.2 Å². The van der Waals surface area contributed by atoms with Gasteiger partial charge in [-0.1, -0.05) is 59.6 Å². The predicted molar refractivity (Wildman–Crippen MR) is 90.0 cm³/mol. The molecular formula is C19H20ClNO. The standard InChI is InChI=1S/C19H20ClNO/c1-13-7-9-14(10-8-13)12-21(2)19(22)17-11-16(17)15-5-3-4-6-18(15)20/h3-10,16-17H,11-12H2,1-2H3. The molecule has 0 heterocycles. The van der Waals surface area contributed by atoms with Crippen LogP contribution in [0.2, 0.25) is 5.02 Å². The molecule has 2 unspecified atom stereocenters. The molecule has 1 fully saturated rings. The van der Waals surface area contributed by atoms with E-state index in [-0.39, 0.29) is 17.7 Å². The fraction of sp³-hybridized carbons (Fsp3) is 0.316. The molecule has 0 bridgehead atoms. The van der Waals surface area contributed by atoms with Gasteiger partial charge in [0.1, 0.15) is 0 Å². The minimum Gasteiger partial charge on any atom is -0.341 e. The zero-order valence-electron chi connectivity index (χ0n) is 12.9. The van der Waals surface area contributed by atoms with Gasteiger partial charge in [0.05, 0.1) is 0 Å². The van der Waals surface area contributed by atoms with Crippen molar-refractivity contribution in [3.8, 4) is 0 Å². The van der Waals surface area contributed by atoms with Gasteiger partial charge in [-0.3, -0.25) is 4.79 Å². The Kier molecular flexibility index (Phi) is 4.21. The molecule has 0 spiro atoms. The van der Waals surface area contributed by atoms with E-state index < -0.39 is 0 Å². The average molecular weight is 314 g/mol. The first-order valence-corrected chi connectivity index (χ1v) is 7.99. The number of carbonyl (C=O) groups is 1. The van der Waals surface area contributed by atoms with Crippen LogP contribution < -0.4 is 0 Å². The van der Waals surface area contributed by atoms with E-state index in [2.05, 4.69) is 31.2 Å². The Morgan fingerprint density at radius 2 is 1.86 bits per heavy atom. The van der Waals surface area contributed by atoms with Crippen LogP contribution in [0.1, 0.15) is 29.0 Å². The van der Waals surface area contributed by atoms with Crippen molar-refractivity contribution in [2.75, 3.05) is 7.05 Å². The van der Waals surface area contributed by atoms with Crippen LogP contribution in [0.4, 0.5) is 0 Å². The van der Waals surface area contributed by atoms with Gasteiger partial charge >= 0.3 is 0 Å². The maximum atomic E-state index is 12.6. The second-order valence-corrected chi connectivity index (χ2v) is 6.56. The summed E-state index contributed by atoms with van der Waals surface area (Å²) in [6.45, 7) is 2.72. The molecule has 2 aromatic carbocycles. The molecule has 2 atom stereocenters. The normalized spacial score (nSPS) is 19.8. The predicted octanol–water partition coefficient (Wildman–Crippen LogP) is 4.41. The lowest BCUT2D eigenvalue weighted by Crippen LogP contribution is -2.28. The second-order valence-electron chi connectivity index (χ2n) is 6.15. The molecule has 3 rings (SSSR count). The third-order valence-corrected chi connectivity index (χ3v) is 4.67. The number of benzene rings is 2. The summed E-state index contributed by atoms with van der Waals surface area (Å²) in [5.41, 5.74) is 3.50. The summed E-state index contributed by atoms with van der Waals surface area (Å²) in [6.07, 6.45) is 0.904. The van der Waals surface area contributed by atoms with Gasteiger partial charge in [0.15, 0.2) is 0 Å². The van der Waals surface area contributed by atoms with E-state index in [1.165, 1.54) is 5.56 Å². The molecule has 2 aromatic rings. The molecule has 0 aliphatic heterocycles. The molecule has 1 saturated carbocycles. The van der Waals surface area contributed by atoms with Crippen LogP contribution in [0.5, 0.6) is 0 Å². The summed E-state index contributed by atoms with van der Waals surface area (Å²) in [5, 5.41) is 0.768. The molecule has 1 aliphatic carbocycles. The van der Waals surface area contributed by atoms with Gasteiger partial charge in [-0.2, -0.15) is 0 Å². The number of aryl methyl sites for hydroxylation is 1. The van der Waals surface area contributed by atoms with Crippen molar-refractivity contribution in [3.63, 3.8) is 0 Å². The summed E-state index contributed by atoms with van der Waals surface area (Å²) < 4.78 is 0. The van der Waals surface area contributed by atoms with Crippen molar-refractivity contribution >= 4 is 17.5 Å². The molecule has 0 radical (unpaired) electrons. The summed E-state index contributed by atoms with van der Waals surface area (Å²) in [6, 6.07) is 16.2. The highest BCUT2D eigenvalue weighted by Crippen LogP contribution is 2.50. The van der Waals surface area contributed by atoms with Crippen LogP contribution in [-0.4, -0.2) is 17.9 Å². The summed E-state index contributed by atoms with van der Waals surface area (Å²) >= 11 is 6.23. The SMILES string of the molecule is Cc1ccc(CN(C)C(=O)C2CC2c2ccccc2Cl)cc1.